The highest BCUT2D eigenvalue weighted by atomic mass is 127. The second kappa shape index (κ2) is 8.34. The van der Waals surface area contributed by atoms with Crippen molar-refractivity contribution in [3.05, 3.63) is 29.8 Å². The molecule has 1 aromatic rings. The van der Waals surface area contributed by atoms with Gasteiger partial charge in [-0.25, -0.2) is 0 Å². The maximum absolute atomic E-state index is 9.39. The first kappa shape index (κ1) is 17.1. The molecule has 1 aliphatic rings. The van der Waals surface area contributed by atoms with Crippen LogP contribution >= 0.6 is 24.0 Å². The van der Waals surface area contributed by atoms with Crippen LogP contribution in [-0.4, -0.2) is 35.6 Å². The standard InChI is InChI=1S/C15H23N3O.HI/c1-12-4-3-9-18(11-12)15(16)17-8-7-13-5-2-6-14(19)10-13;/h2,5-6,10,12,19H,3-4,7-9,11H2,1H3,(H2,16,17);1H. The summed E-state index contributed by atoms with van der Waals surface area (Å²) in [7, 11) is 0. The Morgan fingerprint density at radius 3 is 3.00 bits per heavy atom. The summed E-state index contributed by atoms with van der Waals surface area (Å²) in [5.74, 6) is 1.67. The van der Waals surface area contributed by atoms with E-state index in [1.807, 2.05) is 12.1 Å². The van der Waals surface area contributed by atoms with Crippen LogP contribution in [0.2, 0.25) is 0 Å². The van der Waals surface area contributed by atoms with Crippen molar-refractivity contribution in [2.75, 3.05) is 19.6 Å². The summed E-state index contributed by atoms with van der Waals surface area (Å²) in [6.07, 6.45) is 3.29. The lowest BCUT2D eigenvalue weighted by Crippen LogP contribution is -2.43. The van der Waals surface area contributed by atoms with E-state index < -0.39 is 0 Å². The SMILES string of the molecule is CC1CCCN(C(N)=NCCc2cccc(O)c2)C1.I. The molecule has 1 saturated heterocycles. The Balaban J connectivity index is 0.00000200. The fourth-order valence-corrected chi connectivity index (χ4v) is 2.51. The highest BCUT2D eigenvalue weighted by molar-refractivity contribution is 14.0. The van der Waals surface area contributed by atoms with Crippen LogP contribution in [0.15, 0.2) is 29.3 Å². The van der Waals surface area contributed by atoms with Crippen LogP contribution in [0.3, 0.4) is 0 Å². The Morgan fingerprint density at radius 2 is 2.30 bits per heavy atom. The first-order valence-corrected chi connectivity index (χ1v) is 6.98. The van der Waals surface area contributed by atoms with Crippen LogP contribution in [0.4, 0.5) is 0 Å². The molecule has 1 atom stereocenters. The fourth-order valence-electron chi connectivity index (χ4n) is 2.51. The van der Waals surface area contributed by atoms with Gasteiger partial charge in [0, 0.05) is 19.6 Å². The molecule has 1 heterocycles. The van der Waals surface area contributed by atoms with Gasteiger partial charge in [-0.3, -0.25) is 4.99 Å². The van der Waals surface area contributed by atoms with E-state index >= 15 is 0 Å². The van der Waals surface area contributed by atoms with Crippen LogP contribution in [0.25, 0.3) is 0 Å². The van der Waals surface area contributed by atoms with Gasteiger partial charge in [0.25, 0.3) is 0 Å². The van der Waals surface area contributed by atoms with Crippen molar-refractivity contribution in [1.29, 1.82) is 0 Å². The number of aliphatic imine (C=N–C) groups is 1. The second-order valence-corrected chi connectivity index (χ2v) is 5.35. The molecule has 0 bridgehead atoms. The first-order chi connectivity index (χ1) is 9.15. The molecule has 1 aromatic carbocycles. The quantitative estimate of drug-likeness (QED) is 0.475. The molecule has 0 saturated carbocycles. The number of nitrogens with two attached hydrogens (primary N) is 1. The molecule has 0 radical (unpaired) electrons. The highest BCUT2D eigenvalue weighted by Crippen LogP contribution is 2.15. The minimum absolute atomic E-state index is 0. The Labute approximate surface area is 138 Å². The third-order valence-electron chi connectivity index (χ3n) is 3.57. The van der Waals surface area contributed by atoms with Crippen molar-refractivity contribution in [3.8, 4) is 5.75 Å². The predicted octanol–water partition coefficient (Wildman–Crippen LogP) is 2.60. The Kier molecular flexibility index (Phi) is 7.12. The van der Waals surface area contributed by atoms with Gasteiger partial charge in [-0.1, -0.05) is 19.1 Å². The number of hydrogen-bond acceptors (Lipinski definition) is 2. The first-order valence-electron chi connectivity index (χ1n) is 6.98. The summed E-state index contributed by atoms with van der Waals surface area (Å²) in [5.41, 5.74) is 7.12. The molecule has 112 valence electrons. The van der Waals surface area contributed by atoms with E-state index in [0.29, 0.717) is 24.2 Å². The molecule has 5 heteroatoms. The van der Waals surface area contributed by atoms with E-state index in [4.69, 9.17) is 5.73 Å². The van der Waals surface area contributed by atoms with E-state index in [9.17, 15) is 5.11 Å². The van der Waals surface area contributed by atoms with Gasteiger partial charge < -0.3 is 15.7 Å². The number of nitrogens with zero attached hydrogens (tertiary/aromatic N) is 2. The van der Waals surface area contributed by atoms with Gasteiger partial charge in [0.05, 0.1) is 0 Å². The second-order valence-electron chi connectivity index (χ2n) is 5.35. The molecule has 2 rings (SSSR count). The van der Waals surface area contributed by atoms with Crippen LogP contribution in [-0.2, 0) is 6.42 Å². The van der Waals surface area contributed by atoms with Gasteiger partial charge in [0.1, 0.15) is 5.75 Å². The van der Waals surface area contributed by atoms with Crippen LogP contribution in [0.5, 0.6) is 5.75 Å². The number of likely N-dealkylation sites (tertiary alicyclic amines) is 1. The minimum atomic E-state index is 0. The lowest BCUT2D eigenvalue weighted by molar-refractivity contribution is 0.270. The summed E-state index contributed by atoms with van der Waals surface area (Å²) in [6.45, 7) is 4.96. The number of rotatable bonds is 3. The monoisotopic (exact) mass is 389 g/mol. The summed E-state index contributed by atoms with van der Waals surface area (Å²) < 4.78 is 0. The minimum Gasteiger partial charge on any atom is -0.508 e. The number of phenolic OH excluding ortho intramolecular Hbond substituents is 1. The molecular formula is C15H24IN3O. The van der Waals surface area contributed by atoms with Gasteiger partial charge >= 0.3 is 0 Å². The number of guanidine groups is 1. The summed E-state index contributed by atoms with van der Waals surface area (Å²) in [4.78, 5) is 6.62. The third-order valence-corrected chi connectivity index (χ3v) is 3.57. The molecule has 1 fully saturated rings. The Hall–Kier alpha value is -0.980. The zero-order valence-corrected chi connectivity index (χ0v) is 14.3. The molecule has 0 aliphatic carbocycles. The number of hydrogen-bond donors (Lipinski definition) is 2. The van der Waals surface area contributed by atoms with Crippen LogP contribution in [0, 0.1) is 5.92 Å². The maximum atomic E-state index is 9.39. The summed E-state index contributed by atoms with van der Waals surface area (Å²) in [6, 6.07) is 7.30. The average Bonchev–Trinajstić information content (AvgIpc) is 2.38. The van der Waals surface area contributed by atoms with Crippen molar-refractivity contribution in [1.82, 2.24) is 4.90 Å². The van der Waals surface area contributed by atoms with Crippen LogP contribution < -0.4 is 5.73 Å². The largest absolute Gasteiger partial charge is 0.508 e. The van der Waals surface area contributed by atoms with Gasteiger partial charge in [0.15, 0.2) is 5.96 Å². The van der Waals surface area contributed by atoms with Crippen molar-refractivity contribution in [2.45, 2.75) is 26.2 Å². The topological polar surface area (TPSA) is 61.8 Å². The molecular weight excluding hydrogens is 365 g/mol. The number of benzene rings is 1. The fraction of sp³-hybridized carbons (Fsp3) is 0.533. The molecule has 0 spiro atoms. The van der Waals surface area contributed by atoms with Gasteiger partial charge in [0.2, 0.25) is 0 Å². The van der Waals surface area contributed by atoms with Crippen molar-refractivity contribution >= 4 is 29.9 Å². The summed E-state index contributed by atoms with van der Waals surface area (Å²) in [5, 5.41) is 9.39. The number of phenols is 1. The van der Waals surface area contributed by atoms with Gasteiger partial charge in [-0.2, -0.15) is 0 Å². The maximum Gasteiger partial charge on any atom is 0.191 e. The lowest BCUT2D eigenvalue weighted by atomic mass is 10.0. The molecule has 20 heavy (non-hydrogen) atoms. The van der Waals surface area contributed by atoms with E-state index in [1.165, 1.54) is 12.8 Å². The number of halogens is 1. The van der Waals surface area contributed by atoms with E-state index in [-0.39, 0.29) is 24.0 Å². The molecule has 4 nitrogen and oxygen atoms in total. The van der Waals surface area contributed by atoms with Gasteiger partial charge in [-0.15, -0.1) is 24.0 Å². The molecule has 3 N–H and O–H groups in total. The average molecular weight is 389 g/mol. The molecule has 0 aromatic heterocycles. The van der Waals surface area contributed by atoms with E-state index in [1.54, 1.807) is 12.1 Å². The van der Waals surface area contributed by atoms with E-state index in [2.05, 4.69) is 16.8 Å². The summed E-state index contributed by atoms with van der Waals surface area (Å²) >= 11 is 0. The molecule has 1 unspecified atom stereocenters. The Bertz CT molecular complexity index is 450. The van der Waals surface area contributed by atoms with Crippen molar-refractivity contribution < 1.29 is 5.11 Å². The molecule has 0 amide bonds. The normalized spacial score (nSPS) is 19.6. The van der Waals surface area contributed by atoms with Crippen molar-refractivity contribution in [2.24, 2.45) is 16.6 Å². The highest BCUT2D eigenvalue weighted by Gasteiger charge is 2.17. The lowest BCUT2D eigenvalue weighted by Gasteiger charge is -2.31. The van der Waals surface area contributed by atoms with Gasteiger partial charge in [-0.05, 0) is 42.9 Å². The number of piperidine rings is 1. The zero-order valence-electron chi connectivity index (χ0n) is 12.0. The zero-order chi connectivity index (χ0) is 13.7. The third kappa shape index (κ3) is 5.19. The van der Waals surface area contributed by atoms with Crippen molar-refractivity contribution in [3.63, 3.8) is 0 Å². The van der Waals surface area contributed by atoms with E-state index in [0.717, 1.165) is 25.1 Å². The molecule has 1 aliphatic heterocycles. The smallest absolute Gasteiger partial charge is 0.191 e. The van der Waals surface area contributed by atoms with Crippen LogP contribution in [0.1, 0.15) is 25.3 Å². The Morgan fingerprint density at radius 1 is 1.50 bits per heavy atom. The number of aromatic hydroxyl groups is 1. The predicted molar refractivity (Wildman–Crippen MR) is 93.7 cm³/mol.